The number of fused-ring (bicyclic) bond motifs is 1. The monoisotopic (exact) mass is 270 g/mol. The van der Waals surface area contributed by atoms with E-state index in [9.17, 15) is 0 Å². The van der Waals surface area contributed by atoms with Crippen molar-refractivity contribution in [3.63, 3.8) is 0 Å². The molecule has 0 amide bonds. The van der Waals surface area contributed by atoms with Gasteiger partial charge in [-0.05, 0) is 16.8 Å². The quantitative estimate of drug-likeness (QED) is 0.503. The lowest BCUT2D eigenvalue weighted by Crippen LogP contribution is -2.30. The lowest BCUT2D eigenvalue weighted by molar-refractivity contribution is 0.538. The van der Waals surface area contributed by atoms with Crippen LogP contribution in [0.2, 0.25) is 0 Å². The molecular formula is C12H14N8. The molecule has 0 radical (unpaired) electrons. The van der Waals surface area contributed by atoms with Crippen molar-refractivity contribution in [1.82, 2.24) is 35.6 Å². The smallest absolute Gasteiger partial charge is 0.176 e. The molecule has 3 aromatic rings. The SMILES string of the molecule is Cn1nnc(CC(NN)c2cccc3nccnc23)n1. The van der Waals surface area contributed by atoms with Gasteiger partial charge in [0.15, 0.2) is 5.82 Å². The number of aryl methyl sites for hydroxylation is 1. The van der Waals surface area contributed by atoms with E-state index in [0.717, 1.165) is 16.6 Å². The van der Waals surface area contributed by atoms with Crippen molar-refractivity contribution < 1.29 is 0 Å². The second-order valence-corrected chi connectivity index (χ2v) is 4.39. The zero-order valence-electron chi connectivity index (χ0n) is 10.9. The molecule has 1 aromatic carbocycles. The van der Waals surface area contributed by atoms with E-state index in [1.54, 1.807) is 19.4 Å². The lowest BCUT2D eigenvalue weighted by atomic mass is 10.0. The summed E-state index contributed by atoms with van der Waals surface area (Å²) in [7, 11) is 1.73. The highest BCUT2D eigenvalue weighted by atomic mass is 15.6. The average molecular weight is 270 g/mol. The highest BCUT2D eigenvalue weighted by molar-refractivity contribution is 5.78. The molecule has 0 saturated carbocycles. The van der Waals surface area contributed by atoms with E-state index < -0.39 is 0 Å². The third-order valence-corrected chi connectivity index (χ3v) is 3.04. The molecule has 3 rings (SSSR count). The van der Waals surface area contributed by atoms with Crippen LogP contribution >= 0.6 is 0 Å². The van der Waals surface area contributed by atoms with Crippen molar-refractivity contribution >= 4 is 11.0 Å². The van der Waals surface area contributed by atoms with Crippen LogP contribution < -0.4 is 11.3 Å². The second kappa shape index (κ2) is 5.27. The van der Waals surface area contributed by atoms with E-state index in [2.05, 4.69) is 30.8 Å². The van der Waals surface area contributed by atoms with E-state index in [4.69, 9.17) is 5.84 Å². The van der Waals surface area contributed by atoms with Crippen LogP contribution in [-0.4, -0.2) is 30.2 Å². The molecule has 3 N–H and O–H groups in total. The Morgan fingerprint density at radius 2 is 2.15 bits per heavy atom. The van der Waals surface area contributed by atoms with Crippen LogP contribution in [0.15, 0.2) is 30.6 Å². The molecule has 0 bridgehead atoms. The third kappa shape index (κ3) is 2.33. The molecule has 102 valence electrons. The summed E-state index contributed by atoms with van der Waals surface area (Å²) in [5.41, 5.74) is 5.40. The zero-order chi connectivity index (χ0) is 13.9. The number of nitrogens with zero attached hydrogens (tertiary/aromatic N) is 6. The standard InChI is InChI=1S/C12H14N8/c1-20-18-11(17-19-20)7-10(16-13)8-3-2-4-9-12(8)15-6-5-14-9/h2-6,10,16H,7,13H2,1H3. The molecule has 1 unspecified atom stereocenters. The Kier molecular flexibility index (Phi) is 3.32. The summed E-state index contributed by atoms with van der Waals surface area (Å²) in [6.45, 7) is 0. The molecule has 0 aliphatic heterocycles. The van der Waals surface area contributed by atoms with Gasteiger partial charge in [0.1, 0.15) is 0 Å². The van der Waals surface area contributed by atoms with Gasteiger partial charge in [0.05, 0.1) is 24.1 Å². The fourth-order valence-corrected chi connectivity index (χ4v) is 2.14. The van der Waals surface area contributed by atoms with Crippen LogP contribution in [-0.2, 0) is 13.5 Å². The predicted octanol–water partition coefficient (Wildman–Crippen LogP) is -0.0996. The minimum Gasteiger partial charge on any atom is -0.271 e. The second-order valence-electron chi connectivity index (χ2n) is 4.39. The summed E-state index contributed by atoms with van der Waals surface area (Å²) in [5.74, 6) is 6.29. The van der Waals surface area contributed by atoms with Gasteiger partial charge in [0, 0.05) is 18.8 Å². The summed E-state index contributed by atoms with van der Waals surface area (Å²) in [5, 5.41) is 12.0. The number of hydrogen-bond acceptors (Lipinski definition) is 7. The first kappa shape index (κ1) is 12.6. The van der Waals surface area contributed by atoms with Gasteiger partial charge in [-0.15, -0.1) is 10.2 Å². The highest BCUT2D eigenvalue weighted by Gasteiger charge is 2.17. The number of tetrazole rings is 1. The molecule has 0 aliphatic rings. The molecule has 0 saturated heterocycles. The third-order valence-electron chi connectivity index (χ3n) is 3.04. The average Bonchev–Trinajstić information content (AvgIpc) is 2.89. The predicted molar refractivity (Wildman–Crippen MR) is 72.1 cm³/mol. The summed E-state index contributed by atoms with van der Waals surface area (Å²) < 4.78 is 0. The van der Waals surface area contributed by atoms with Gasteiger partial charge in [0.2, 0.25) is 0 Å². The summed E-state index contributed by atoms with van der Waals surface area (Å²) in [6.07, 6.45) is 3.86. The van der Waals surface area contributed by atoms with Gasteiger partial charge in [-0.25, -0.2) is 0 Å². The Morgan fingerprint density at radius 1 is 1.30 bits per heavy atom. The van der Waals surface area contributed by atoms with Crippen LogP contribution in [0, 0.1) is 0 Å². The minimum absolute atomic E-state index is 0.153. The van der Waals surface area contributed by atoms with Gasteiger partial charge in [-0.1, -0.05) is 12.1 Å². The van der Waals surface area contributed by atoms with E-state index in [0.29, 0.717) is 12.2 Å². The molecule has 0 spiro atoms. The van der Waals surface area contributed by atoms with E-state index >= 15 is 0 Å². The van der Waals surface area contributed by atoms with Crippen molar-refractivity contribution in [3.05, 3.63) is 42.0 Å². The Labute approximate surface area is 115 Å². The molecular weight excluding hydrogens is 256 g/mol. The van der Waals surface area contributed by atoms with Crippen LogP contribution in [0.1, 0.15) is 17.4 Å². The number of benzene rings is 1. The summed E-state index contributed by atoms with van der Waals surface area (Å²) in [4.78, 5) is 10.1. The molecule has 0 aliphatic carbocycles. The maximum Gasteiger partial charge on any atom is 0.176 e. The normalized spacial score (nSPS) is 12.7. The van der Waals surface area contributed by atoms with Gasteiger partial charge >= 0.3 is 0 Å². The first-order valence-corrected chi connectivity index (χ1v) is 6.16. The topological polar surface area (TPSA) is 107 Å². The Morgan fingerprint density at radius 3 is 2.90 bits per heavy atom. The van der Waals surface area contributed by atoms with Crippen molar-refractivity contribution in [2.45, 2.75) is 12.5 Å². The number of nitrogens with one attached hydrogen (secondary N) is 1. The number of aromatic nitrogens is 6. The van der Waals surface area contributed by atoms with E-state index in [-0.39, 0.29) is 6.04 Å². The largest absolute Gasteiger partial charge is 0.271 e. The molecule has 8 heteroatoms. The van der Waals surface area contributed by atoms with Crippen molar-refractivity contribution in [2.24, 2.45) is 12.9 Å². The van der Waals surface area contributed by atoms with Crippen molar-refractivity contribution in [3.8, 4) is 0 Å². The lowest BCUT2D eigenvalue weighted by Gasteiger charge is -2.15. The zero-order valence-corrected chi connectivity index (χ0v) is 10.9. The molecule has 2 heterocycles. The maximum atomic E-state index is 5.67. The Hall–Kier alpha value is -2.45. The fourth-order valence-electron chi connectivity index (χ4n) is 2.14. The maximum absolute atomic E-state index is 5.67. The molecule has 1 atom stereocenters. The Bertz CT molecular complexity index is 717. The van der Waals surface area contributed by atoms with Gasteiger partial charge in [-0.2, -0.15) is 4.80 Å². The number of nitrogens with two attached hydrogens (primary N) is 1. The van der Waals surface area contributed by atoms with E-state index in [1.807, 2.05) is 18.2 Å². The summed E-state index contributed by atoms with van der Waals surface area (Å²) >= 11 is 0. The highest BCUT2D eigenvalue weighted by Crippen LogP contribution is 2.22. The number of hydrazine groups is 1. The van der Waals surface area contributed by atoms with Crippen LogP contribution in [0.5, 0.6) is 0 Å². The first-order valence-electron chi connectivity index (χ1n) is 6.16. The number of hydrogen-bond donors (Lipinski definition) is 2. The number of rotatable bonds is 4. The Balaban J connectivity index is 1.98. The number of para-hydroxylation sites is 1. The van der Waals surface area contributed by atoms with Crippen molar-refractivity contribution in [1.29, 1.82) is 0 Å². The molecule has 8 nitrogen and oxygen atoms in total. The first-order chi connectivity index (χ1) is 9.78. The minimum atomic E-state index is -0.153. The van der Waals surface area contributed by atoms with Gasteiger partial charge in [-0.3, -0.25) is 21.2 Å². The van der Waals surface area contributed by atoms with Gasteiger partial charge in [0.25, 0.3) is 0 Å². The van der Waals surface area contributed by atoms with Gasteiger partial charge < -0.3 is 0 Å². The molecule has 20 heavy (non-hydrogen) atoms. The summed E-state index contributed by atoms with van der Waals surface area (Å²) in [6, 6.07) is 5.66. The van der Waals surface area contributed by atoms with Crippen LogP contribution in [0.3, 0.4) is 0 Å². The molecule has 0 fully saturated rings. The van der Waals surface area contributed by atoms with Crippen molar-refractivity contribution in [2.75, 3.05) is 0 Å². The van der Waals surface area contributed by atoms with Crippen LogP contribution in [0.25, 0.3) is 11.0 Å². The van der Waals surface area contributed by atoms with E-state index in [1.165, 1.54) is 4.80 Å². The van der Waals surface area contributed by atoms with Crippen LogP contribution in [0.4, 0.5) is 0 Å². The molecule has 2 aromatic heterocycles. The fraction of sp³-hybridized carbons (Fsp3) is 0.250.